The molecule has 4 rings (SSSR count). The first kappa shape index (κ1) is 19.5. The molecule has 0 saturated heterocycles. The summed E-state index contributed by atoms with van der Waals surface area (Å²) in [4.78, 5) is 26.7. The standard InChI is InChI=1S/C24H28N2O3/c1-15-10-16(2)17(3)22(11-15)29-14-23(27)25-21-7-6-18-8-9-26(13-20(18)12-21)24(28)19-4-5-19/h6-7,10-12,19H,4-5,8-9,13-14H2,1-3H3,(H,25,27). The van der Waals surface area contributed by atoms with Gasteiger partial charge in [0.05, 0.1) is 0 Å². The van der Waals surface area contributed by atoms with E-state index in [1.54, 1.807) is 0 Å². The molecule has 2 aromatic carbocycles. The van der Waals surface area contributed by atoms with Crippen molar-refractivity contribution in [3.05, 3.63) is 58.1 Å². The smallest absolute Gasteiger partial charge is 0.262 e. The molecular weight excluding hydrogens is 364 g/mol. The van der Waals surface area contributed by atoms with E-state index in [0.29, 0.717) is 6.54 Å². The highest BCUT2D eigenvalue weighted by Crippen LogP contribution is 2.33. The number of amides is 2. The molecular formula is C24H28N2O3. The monoisotopic (exact) mass is 392 g/mol. The lowest BCUT2D eigenvalue weighted by Gasteiger charge is -2.29. The van der Waals surface area contributed by atoms with Gasteiger partial charge in [0, 0.05) is 24.7 Å². The maximum absolute atomic E-state index is 12.4. The molecule has 0 spiro atoms. The van der Waals surface area contributed by atoms with Crippen LogP contribution in [-0.4, -0.2) is 29.9 Å². The Bertz CT molecular complexity index is 963. The van der Waals surface area contributed by atoms with Crippen molar-refractivity contribution in [2.24, 2.45) is 5.92 Å². The van der Waals surface area contributed by atoms with Crippen LogP contribution >= 0.6 is 0 Å². The molecule has 2 amide bonds. The first-order valence-electron chi connectivity index (χ1n) is 10.3. The summed E-state index contributed by atoms with van der Waals surface area (Å²) in [6.07, 6.45) is 2.92. The van der Waals surface area contributed by atoms with Crippen LogP contribution in [0.25, 0.3) is 0 Å². The highest BCUT2D eigenvalue weighted by atomic mass is 16.5. The van der Waals surface area contributed by atoms with Crippen LogP contribution in [0.1, 0.15) is 40.7 Å². The van der Waals surface area contributed by atoms with Crippen LogP contribution in [0.2, 0.25) is 0 Å². The SMILES string of the molecule is Cc1cc(C)c(C)c(OCC(=O)Nc2ccc3c(c2)CN(C(=O)C2CC2)CC3)c1. The number of hydrogen-bond donors (Lipinski definition) is 1. The lowest BCUT2D eigenvalue weighted by molar-refractivity contribution is -0.133. The molecule has 0 atom stereocenters. The van der Waals surface area contributed by atoms with Crippen molar-refractivity contribution in [2.45, 2.75) is 46.6 Å². The number of hydrogen-bond acceptors (Lipinski definition) is 3. The third kappa shape index (κ3) is 4.44. The minimum Gasteiger partial charge on any atom is -0.483 e. The Kier molecular flexibility index (Phi) is 5.31. The minimum atomic E-state index is -0.190. The van der Waals surface area contributed by atoms with Gasteiger partial charge in [0.15, 0.2) is 6.61 Å². The topological polar surface area (TPSA) is 58.6 Å². The minimum absolute atomic E-state index is 0.0346. The fourth-order valence-electron chi connectivity index (χ4n) is 3.90. The molecule has 1 aliphatic carbocycles. The fraction of sp³-hybridized carbons (Fsp3) is 0.417. The van der Waals surface area contributed by atoms with Gasteiger partial charge in [-0.3, -0.25) is 9.59 Å². The van der Waals surface area contributed by atoms with Crippen molar-refractivity contribution in [2.75, 3.05) is 18.5 Å². The summed E-state index contributed by atoms with van der Waals surface area (Å²) in [7, 11) is 0. The van der Waals surface area contributed by atoms with Crippen LogP contribution in [0.4, 0.5) is 5.69 Å². The molecule has 1 saturated carbocycles. The van der Waals surface area contributed by atoms with Gasteiger partial charge < -0.3 is 15.0 Å². The van der Waals surface area contributed by atoms with E-state index >= 15 is 0 Å². The average Bonchev–Trinajstić information content (AvgIpc) is 3.54. The first-order chi connectivity index (χ1) is 13.9. The fourth-order valence-corrected chi connectivity index (χ4v) is 3.90. The molecule has 5 nitrogen and oxygen atoms in total. The lowest BCUT2D eigenvalue weighted by atomic mass is 9.98. The summed E-state index contributed by atoms with van der Waals surface area (Å²) in [5.41, 5.74) is 6.44. The predicted molar refractivity (Wildman–Crippen MR) is 113 cm³/mol. The molecule has 0 aromatic heterocycles. The van der Waals surface area contributed by atoms with Crippen molar-refractivity contribution in [3.8, 4) is 5.75 Å². The number of carbonyl (C=O) groups excluding carboxylic acids is 2. The van der Waals surface area contributed by atoms with E-state index in [9.17, 15) is 9.59 Å². The van der Waals surface area contributed by atoms with Crippen LogP contribution < -0.4 is 10.1 Å². The van der Waals surface area contributed by atoms with E-state index in [2.05, 4.69) is 17.4 Å². The van der Waals surface area contributed by atoms with Crippen LogP contribution in [0, 0.1) is 26.7 Å². The van der Waals surface area contributed by atoms with Crippen molar-refractivity contribution in [3.63, 3.8) is 0 Å². The van der Waals surface area contributed by atoms with E-state index in [4.69, 9.17) is 4.74 Å². The molecule has 1 fully saturated rings. The maximum atomic E-state index is 12.4. The summed E-state index contributed by atoms with van der Waals surface area (Å²) >= 11 is 0. The van der Waals surface area contributed by atoms with E-state index in [1.807, 2.05) is 43.9 Å². The second-order valence-electron chi connectivity index (χ2n) is 8.31. The van der Waals surface area contributed by atoms with Gasteiger partial charge in [0.1, 0.15) is 5.75 Å². The van der Waals surface area contributed by atoms with Crippen molar-refractivity contribution >= 4 is 17.5 Å². The van der Waals surface area contributed by atoms with Gasteiger partial charge in [-0.1, -0.05) is 12.1 Å². The number of fused-ring (bicyclic) bond motifs is 1. The summed E-state index contributed by atoms with van der Waals surface area (Å²) in [6, 6.07) is 10.0. The number of nitrogens with one attached hydrogen (secondary N) is 1. The number of benzene rings is 2. The van der Waals surface area contributed by atoms with Gasteiger partial charge in [-0.25, -0.2) is 0 Å². The molecule has 2 aromatic rings. The molecule has 1 N–H and O–H groups in total. The van der Waals surface area contributed by atoms with E-state index in [1.165, 1.54) is 5.56 Å². The molecule has 5 heteroatoms. The zero-order valence-corrected chi connectivity index (χ0v) is 17.4. The Balaban J connectivity index is 1.38. The van der Waals surface area contributed by atoms with Gasteiger partial charge >= 0.3 is 0 Å². The second-order valence-corrected chi connectivity index (χ2v) is 8.31. The zero-order chi connectivity index (χ0) is 20.5. The van der Waals surface area contributed by atoms with Gasteiger partial charge in [-0.2, -0.15) is 0 Å². The number of carbonyl (C=O) groups is 2. The summed E-state index contributed by atoms with van der Waals surface area (Å²) in [5.74, 6) is 1.08. The van der Waals surface area contributed by atoms with E-state index in [-0.39, 0.29) is 24.3 Å². The quantitative estimate of drug-likeness (QED) is 0.839. The van der Waals surface area contributed by atoms with Gasteiger partial charge in [-0.15, -0.1) is 0 Å². The Morgan fingerprint density at radius 2 is 1.90 bits per heavy atom. The molecule has 0 unspecified atom stereocenters. The molecule has 0 radical (unpaired) electrons. The van der Waals surface area contributed by atoms with Gasteiger partial charge in [-0.05, 0) is 86.1 Å². The Hall–Kier alpha value is -2.82. The van der Waals surface area contributed by atoms with E-state index in [0.717, 1.165) is 59.5 Å². The third-order valence-corrected chi connectivity index (χ3v) is 5.86. The molecule has 29 heavy (non-hydrogen) atoms. The van der Waals surface area contributed by atoms with Gasteiger partial charge in [0.2, 0.25) is 5.91 Å². The maximum Gasteiger partial charge on any atom is 0.262 e. The number of ether oxygens (including phenoxy) is 1. The average molecular weight is 392 g/mol. The van der Waals surface area contributed by atoms with Crippen LogP contribution in [-0.2, 0) is 22.6 Å². The van der Waals surface area contributed by atoms with Crippen LogP contribution in [0.5, 0.6) is 5.75 Å². The second kappa shape index (κ2) is 7.90. The number of nitrogens with zero attached hydrogens (tertiary/aromatic N) is 1. The number of anilines is 1. The summed E-state index contributed by atoms with van der Waals surface area (Å²) in [5, 5.41) is 2.92. The molecule has 1 heterocycles. The summed E-state index contributed by atoms with van der Waals surface area (Å²) in [6.45, 7) is 7.44. The predicted octanol–water partition coefficient (Wildman–Crippen LogP) is 3.92. The highest BCUT2D eigenvalue weighted by molar-refractivity contribution is 5.92. The van der Waals surface area contributed by atoms with Crippen molar-refractivity contribution in [1.82, 2.24) is 4.90 Å². The van der Waals surface area contributed by atoms with Crippen molar-refractivity contribution < 1.29 is 14.3 Å². The van der Waals surface area contributed by atoms with Crippen LogP contribution in [0.3, 0.4) is 0 Å². The van der Waals surface area contributed by atoms with Gasteiger partial charge in [0.25, 0.3) is 5.91 Å². The van der Waals surface area contributed by atoms with Crippen molar-refractivity contribution in [1.29, 1.82) is 0 Å². The normalized spacial score (nSPS) is 15.6. The highest BCUT2D eigenvalue weighted by Gasteiger charge is 2.34. The van der Waals surface area contributed by atoms with Crippen LogP contribution in [0.15, 0.2) is 30.3 Å². The number of aryl methyl sites for hydroxylation is 2. The molecule has 1 aliphatic heterocycles. The zero-order valence-electron chi connectivity index (χ0n) is 17.4. The Labute approximate surface area is 172 Å². The van der Waals surface area contributed by atoms with E-state index < -0.39 is 0 Å². The third-order valence-electron chi connectivity index (χ3n) is 5.86. The largest absolute Gasteiger partial charge is 0.483 e. The molecule has 152 valence electrons. The number of rotatable bonds is 5. The molecule has 2 aliphatic rings. The summed E-state index contributed by atoms with van der Waals surface area (Å²) < 4.78 is 5.76. The first-order valence-corrected chi connectivity index (χ1v) is 10.3. The Morgan fingerprint density at radius 1 is 1.10 bits per heavy atom. The molecule has 0 bridgehead atoms. The lowest BCUT2D eigenvalue weighted by Crippen LogP contribution is -2.36. The Morgan fingerprint density at radius 3 is 2.66 bits per heavy atom.